The van der Waals surface area contributed by atoms with Gasteiger partial charge in [0.05, 0.1) is 6.54 Å². The van der Waals surface area contributed by atoms with E-state index in [1.54, 1.807) is 24.0 Å². The van der Waals surface area contributed by atoms with E-state index in [1.807, 2.05) is 45.0 Å². The summed E-state index contributed by atoms with van der Waals surface area (Å²) in [5.74, 6) is 0.249. The molecule has 0 aromatic heterocycles. The molecule has 0 spiro atoms. The van der Waals surface area contributed by atoms with E-state index in [9.17, 15) is 14.7 Å². The highest BCUT2D eigenvalue weighted by Gasteiger charge is 2.21. The molecule has 0 aliphatic carbocycles. The van der Waals surface area contributed by atoms with Gasteiger partial charge in [0, 0.05) is 19.6 Å². The predicted octanol–water partition coefficient (Wildman–Crippen LogP) is 5.96. The number of nitrogens with zero attached hydrogens (tertiary/aromatic N) is 1. The molecule has 7 heteroatoms. The minimum atomic E-state index is -0.976. The van der Waals surface area contributed by atoms with Gasteiger partial charge in [-0.1, -0.05) is 39.0 Å². The fourth-order valence-electron chi connectivity index (χ4n) is 3.60. The van der Waals surface area contributed by atoms with Crippen LogP contribution in [0, 0.1) is 26.2 Å². The summed E-state index contributed by atoms with van der Waals surface area (Å²) < 4.78 is 16.9. The zero-order valence-electron chi connectivity index (χ0n) is 22.7. The van der Waals surface area contributed by atoms with Crippen LogP contribution in [-0.4, -0.2) is 54.5 Å². The van der Waals surface area contributed by atoms with E-state index in [4.69, 9.17) is 14.2 Å². The molecule has 1 atom stereocenters. The Kier molecular flexibility index (Phi) is 10.8. The lowest BCUT2D eigenvalue weighted by Crippen LogP contribution is -2.38. The Balaban J connectivity index is 2.00. The second-order valence-corrected chi connectivity index (χ2v) is 10.3. The topological polar surface area (TPSA) is 85.3 Å². The molecule has 36 heavy (non-hydrogen) atoms. The average molecular weight is 500 g/mol. The first-order valence-corrected chi connectivity index (χ1v) is 12.5. The number of rotatable bonds is 12. The molecule has 0 aliphatic heterocycles. The van der Waals surface area contributed by atoms with E-state index in [-0.39, 0.29) is 17.9 Å². The Morgan fingerprint density at radius 3 is 2.19 bits per heavy atom. The SMILES string of the molecule is CCOC(Cc1ccc(OCCN(CCC(C)(C)C)C(=O)Oc2cc(C)c(C)cc2C)cc1)C(=O)O. The number of hydrogen-bond donors (Lipinski definition) is 1. The summed E-state index contributed by atoms with van der Waals surface area (Å²) in [6.45, 7) is 15.8. The van der Waals surface area contributed by atoms with Gasteiger partial charge >= 0.3 is 12.1 Å². The number of amides is 1. The Labute approximate surface area is 215 Å². The average Bonchev–Trinajstić information content (AvgIpc) is 2.79. The maximum atomic E-state index is 13.1. The third-order valence-corrected chi connectivity index (χ3v) is 6.00. The number of ether oxygens (including phenoxy) is 3. The maximum Gasteiger partial charge on any atom is 0.415 e. The summed E-state index contributed by atoms with van der Waals surface area (Å²) in [4.78, 5) is 26.1. The van der Waals surface area contributed by atoms with Crippen LogP contribution in [0.5, 0.6) is 11.5 Å². The van der Waals surface area contributed by atoms with Crippen LogP contribution in [0.4, 0.5) is 4.79 Å². The molecule has 0 aliphatic rings. The molecule has 2 aromatic carbocycles. The van der Waals surface area contributed by atoms with Crippen LogP contribution in [0.25, 0.3) is 0 Å². The monoisotopic (exact) mass is 499 g/mol. The van der Waals surface area contributed by atoms with Crippen LogP contribution in [0.1, 0.15) is 56.4 Å². The summed E-state index contributed by atoms with van der Waals surface area (Å²) in [7, 11) is 0. The van der Waals surface area contributed by atoms with Crippen molar-refractivity contribution in [1.29, 1.82) is 0 Å². The molecule has 2 aromatic rings. The van der Waals surface area contributed by atoms with E-state index >= 15 is 0 Å². The number of carboxylic acid groups (broad SMARTS) is 1. The van der Waals surface area contributed by atoms with Crippen molar-refractivity contribution in [3.05, 3.63) is 58.7 Å². The molecule has 198 valence electrons. The first-order valence-electron chi connectivity index (χ1n) is 12.5. The lowest BCUT2D eigenvalue weighted by atomic mass is 9.92. The molecule has 0 bridgehead atoms. The molecule has 0 saturated heterocycles. The van der Waals surface area contributed by atoms with Crippen molar-refractivity contribution in [2.75, 3.05) is 26.3 Å². The summed E-state index contributed by atoms with van der Waals surface area (Å²) in [5, 5.41) is 9.27. The quantitative estimate of drug-likeness (QED) is 0.388. The summed E-state index contributed by atoms with van der Waals surface area (Å²) >= 11 is 0. The van der Waals surface area contributed by atoms with E-state index in [0.717, 1.165) is 28.7 Å². The van der Waals surface area contributed by atoms with Gasteiger partial charge in [0.1, 0.15) is 18.1 Å². The van der Waals surface area contributed by atoms with Gasteiger partial charge in [0.25, 0.3) is 0 Å². The van der Waals surface area contributed by atoms with Crippen LogP contribution in [0.3, 0.4) is 0 Å². The highest BCUT2D eigenvalue weighted by atomic mass is 16.6. The number of hydrogen-bond acceptors (Lipinski definition) is 5. The van der Waals surface area contributed by atoms with Gasteiger partial charge in [0.15, 0.2) is 6.10 Å². The Morgan fingerprint density at radius 1 is 0.972 bits per heavy atom. The van der Waals surface area contributed by atoms with Gasteiger partial charge < -0.3 is 24.2 Å². The zero-order valence-corrected chi connectivity index (χ0v) is 22.7. The van der Waals surface area contributed by atoms with Crippen molar-refractivity contribution in [2.45, 2.75) is 67.4 Å². The van der Waals surface area contributed by atoms with Crippen LogP contribution in [0.15, 0.2) is 36.4 Å². The molecule has 1 amide bonds. The Hall–Kier alpha value is -3.06. The van der Waals surface area contributed by atoms with Crippen molar-refractivity contribution in [2.24, 2.45) is 5.41 Å². The van der Waals surface area contributed by atoms with Gasteiger partial charge in [-0.15, -0.1) is 0 Å². The standard InChI is InChI=1S/C29H41NO6/c1-8-34-26(27(31)32)19-23-9-11-24(12-10-23)35-16-15-30(14-13-29(5,6)7)28(33)36-25-18-21(3)20(2)17-22(25)4/h9-12,17-18,26H,8,13-16,19H2,1-7H3,(H,31,32). The molecule has 1 unspecified atom stereocenters. The summed E-state index contributed by atoms with van der Waals surface area (Å²) in [5.41, 5.74) is 4.08. The second-order valence-electron chi connectivity index (χ2n) is 10.3. The fourth-order valence-corrected chi connectivity index (χ4v) is 3.60. The largest absolute Gasteiger partial charge is 0.492 e. The van der Waals surface area contributed by atoms with Crippen molar-refractivity contribution >= 4 is 12.1 Å². The highest BCUT2D eigenvalue weighted by molar-refractivity contribution is 5.73. The zero-order chi connectivity index (χ0) is 26.9. The summed E-state index contributed by atoms with van der Waals surface area (Å²) in [6, 6.07) is 11.2. The van der Waals surface area contributed by atoms with Crippen LogP contribution >= 0.6 is 0 Å². The van der Waals surface area contributed by atoms with Gasteiger partial charge in [-0.3, -0.25) is 0 Å². The fraction of sp³-hybridized carbons (Fsp3) is 0.517. The van der Waals surface area contributed by atoms with Gasteiger partial charge in [-0.05, 0) is 80.0 Å². The first kappa shape index (κ1) is 29.2. The first-order chi connectivity index (χ1) is 16.9. The van der Waals surface area contributed by atoms with Crippen molar-refractivity contribution in [3.63, 3.8) is 0 Å². The smallest absolute Gasteiger partial charge is 0.415 e. The van der Waals surface area contributed by atoms with E-state index in [1.165, 1.54) is 0 Å². The van der Waals surface area contributed by atoms with Gasteiger partial charge in [-0.25, -0.2) is 9.59 Å². The number of aliphatic carboxylic acids is 1. The normalized spacial score (nSPS) is 12.2. The third-order valence-electron chi connectivity index (χ3n) is 6.00. The van der Waals surface area contributed by atoms with Crippen molar-refractivity contribution in [1.82, 2.24) is 4.90 Å². The number of carbonyl (C=O) groups excluding carboxylic acids is 1. The highest BCUT2D eigenvalue weighted by Crippen LogP contribution is 2.24. The molecule has 7 nitrogen and oxygen atoms in total. The molecule has 0 radical (unpaired) electrons. The lowest BCUT2D eigenvalue weighted by molar-refractivity contribution is -0.149. The molecular formula is C29H41NO6. The lowest BCUT2D eigenvalue weighted by Gasteiger charge is -2.26. The predicted molar refractivity (Wildman–Crippen MR) is 141 cm³/mol. The Morgan fingerprint density at radius 2 is 1.61 bits per heavy atom. The maximum absolute atomic E-state index is 13.1. The molecule has 0 fully saturated rings. The van der Waals surface area contributed by atoms with Gasteiger partial charge in [-0.2, -0.15) is 0 Å². The van der Waals surface area contributed by atoms with Gasteiger partial charge in [0.2, 0.25) is 0 Å². The Bertz CT molecular complexity index is 1010. The molecule has 2 rings (SSSR count). The van der Waals surface area contributed by atoms with Crippen molar-refractivity contribution < 1.29 is 28.9 Å². The second kappa shape index (κ2) is 13.3. The van der Waals surface area contributed by atoms with Crippen LogP contribution in [-0.2, 0) is 16.0 Å². The molecule has 1 N–H and O–H groups in total. The third kappa shape index (κ3) is 9.53. The number of carboxylic acids is 1. The number of benzene rings is 2. The minimum absolute atomic E-state index is 0.0703. The summed E-state index contributed by atoms with van der Waals surface area (Å²) in [6.07, 6.45) is -0.147. The van der Waals surface area contributed by atoms with Crippen LogP contribution < -0.4 is 9.47 Å². The molecular weight excluding hydrogens is 458 g/mol. The van der Waals surface area contributed by atoms with Crippen molar-refractivity contribution in [3.8, 4) is 11.5 Å². The van der Waals surface area contributed by atoms with Crippen LogP contribution in [0.2, 0.25) is 0 Å². The number of aryl methyl sites for hydroxylation is 3. The van der Waals surface area contributed by atoms with E-state index < -0.39 is 12.1 Å². The minimum Gasteiger partial charge on any atom is -0.492 e. The molecule has 0 heterocycles. The van der Waals surface area contributed by atoms with E-state index in [2.05, 4.69) is 20.8 Å². The number of carbonyl (C=O) groups is 2. The molecule has 0 saturated carbocycles. The van der Waals surface area contributed by atoms with E-state index in [0.29, 0.717) is 37.8 Å².